The van der Waals surface area contributed by atoms with Gasteiger partial charge in [-0.2, -0.15) is 0 Å². The summed E-state index contributed by atoms with van der Waals surface area (Å²) < 4.78 is 36.5. The largest absolute Gasteiger partial charge is 0.488 e. The average molecular weight is 406 g/mol. The van der Waals surface area contributed by atoms with Crippen LogP contribution in [0.1, 0.15) is 6.42 Å². The Bertz CT molecular complexity index is 567. The molecule has 1 aliphatic rings. The number of halogens is 5. The highest BCUT2D eigenvalue weighted by Crippen LogP contribution is 2.36. The van der Waals surface area contributed by atoms with Gasteiger partial charge < -0.3 is 14.8 Å². The van der Waals surface area contributed by atoms with Crippen LogP contribution in [0, 0.1) is 0 Å². The van der Waals surface area contributed by atoms with Gasteiger partial charge in [-0.05, 0) is 12.1 Å². The van der Waals surface area contributed by atoms with Gasteiger partial charge in [-0.1, -0.05) is 23.2 Å². The summed E-state index contributed by atoms with van der Waals surface area (Å²) in [5.41, 5.74) is 0.307. The molecule has 1 saturated heterocycles. The molecule has 0 saturated carbocycles. The number of hydrogen-bond donors (Lipinski definition) is 2. The first-order chi connectivity index (χ1) is 10.8. The molecular weight excluding hydrogens is 389 g/mol. The number of anilines is 1. The Labute approximate surface area is 154 Å². The lowest BCUT2D eigenvalue weighted by molar-refractivity contribution is -0.118. The van der Waals surface area contributed by atoms with E-state index in [1.54, 1.807) is 0 Å². The van der Waals surface area contributed by atoms with Crippen molar-refractivity contribution >= 4 is 47.2 Å². The van der Waals surface area contributed by atoms with Gasteiger partial charge in [0.1, 0.15) is 6.61 Å². The predicted octanol–water partition coefficient (Wildman–Crippen LogP) is 3.38. The van der Waals surface area contributed by atoms with E-state index in [1.807, 2.05) is 0 Å². The molecule has 0 bridgehead atoms. The van der Waals surface area contributed by atoms with Crippen molar-refractivity contribution in [1.82, 2.24) is 5.32 Å². The number of ether oxygens (including phenoxy) is 2. The molecule has 0 aromatic heterocycles. The van der Waals surface area contributed by atoms with Crippen molar-refractivity contribution in [2.24, 2.45) is 0 Å². The molecule has 0 spiro atoms. The monoisotopic (exact) mass is 404 g/mol. The van der Waals surface area contributed by atoms with E-state index in [-0.39, 0.29) is 34.8 Å². The van der Waals surface area contributed by atoms with E-state index >= 15 is 0 Å². The second-order valence-electron chi connectivity index (χ2n) is 5.09. The lowest BCUT2D eigenvalue weighted by atomic mass is 10.2. The van der Waals surface area contributed by atoms with Crippen LogP contribution in [0.4, 0.5) is 14.5 Å². The highest BCUT2D eigenvalue weighted by molar-refractivity contribution is 6.37. The van der Waals surface area contributed by atoms with Crippen molar-refractivity contribution in [2.45, 2.75) is 18.4 Å². The Morgan fingerprint density at radius 2 is 2.00 bits per heavy atom. The summed E-state index contributed by atoms with van der Waals surface area (Å²) >= 11 is 12.1. The molecule has 24 heavy (non-hydrogen) atoms. The minimum Gasteiger partial charge on any atom is -0.488 e. The summed E-state index contributed by atoms with van der Waals surface area (Å²) in [5.74, 6) is -3.17. The Morgan fingerprint density at radius 3 is 2.50 bits per heavy atom. The molecule has 1 aromatic rings. The van der Waals surface area contributed by atoms with Crippen LogP contribution in [0.25, 0.3) is 0 Å². The summed E-state index contributed by atoms with van der Waals surface area (Å²) in [4.78, 5) is 12.0. The molecule has 0 radical (unpaired) electrons. The van der Waals surface area contributed by atoms with E-state index in [0.717, 1.165) is 0 Å². The third kappa shape index (κ3) is 5.60. The fourth-order valence-corrected chi connectivity index (χ4v) is 2.72. The fourth-order valence-electron chi connectivity index (χ4n) is 2.13. The van der Waals surface area contributed by atoms with E-state index < -0.39 is 30.8 Å². The van der Waals surface area contributed by atoms with Gasteiger partial charge in [0.05, 0.1) is 29.2 Å². The Balaban J connectivity index is 0.00000288. The lowest BCUT2D eigenvalue weighted by Gasteiger charge is -2.14. The number of amides is 1. The Morgan fingerprint density at radius 1 is 1.38 bits per heavy atom. The Kier molecular flexibility index (Phi) is 7.95. The van der Waals surface area contributed by atoms with Crippen molar-refractivity contribution in [1.29, 1.82) is 0 Å². The number of hydrogen-bond acceptors (Lipinski definition) is 4. The van der Waals surface area contributed by atoms with Crippen LogP contribution in [0.5, 0.6) is 5.75 Å². The van der Waals surface area contributed by atoms with Crippen LogP contribution >= 0.6 is 35.6 Å². The van der Waals surface area contributed by atoms with E-state index in [0.29, 0.717) is 12.3 Å². The topological polar surface area (TPSA) is 59.6 Å². The summed E-state index contributed by atoms with van der Waals surface area (Å²) in [6, 6.07) is 1.93. The lowest BCUT2D eigenvalue weighted by Crippen LogP contribution is -2.35. The van der Waals surface area contributed by atoms with Gasteiger partial charge in [0.25, 0.3) is 5.92 Å². The quantitative estimate of drug-likeness (QED) is 0.713. The molecule has 1 amide bonds. The smallest absolute Gasteiger partial charge is 0.262 e. The van der Waals surface area contributed by atoms with Gasteiger partial charge in [-0.3, -0.25) is 10.1 Å². The molecule has 1 atom stereocenters. The number of benzene rings is 1. The molecule has 136 valence electrons. The van der Waals surface area contributed by atoms with Gasteiger partial charge in [-0.25, -0.2) is 8.78 Å². The van der Waals surface area contributed by atoms with Crippen molar-refractivity contribution in [2.75, 3.05) is 32.2 Å². The minimum absolute atomic E-state index is 0. The summed E-state index contributed by atoms with van der Waals surface area (Å²) in [6.07, 6.45) is -0.543. The molecule has 2 N–H and O–H groups in total. The highest BCUT2D eigenvalue weighted by Gasteiger charge is 2.42. The van der Waals surface area contributed by atoms with Gasteiger partial charge in [0, 0.05) is 19.2 Å². The van der Waals surface area contributed by atoms with E-state index in [9.17, 15) is 13.6 Å². The molecule has 1 heterocycles. The second-order valence-corrected chi connectivity index (χ2v) is 5.91. The molecule has 1 fully saturated rings. The van der Waals surface area contributed by atoms with Crippen LogP contribution in [0.3, 0.4) is 0 Å². The first kappa shape index (κ1) is 21.2. The fraction of sp³-hybridized carbons (Fsp3) is 0.500. The molecule has 2 rings (SSSR count). The number of nitrogens with one attached hydrogen (secondary N) is 2. The van der Waals surface area contributed by atoms with Crippen LogP contribution < -0.4 is 15.4 Å². The molecule has 1 aromatic carbocycles. The second kappa shape index (κ2) is 9.01. The first-order valence-electron chi connectivity index (χ1n) is 6.85. The summed E-state index contributed by atoms with van der Waals surface area (Å²) in [6.45, 7) is 0.119. The first-order valence-corrected chi connectivity index (χ1v) is 7.61. The number of carbonyl (C=O) groups is 1. The van der Waals surface area contributed by atoms with Crippen molar-refractivity contribution < 1.29 is 23.0 Å². The van der Waals surface area contributed by atoms with Gasteiger partial charge in [0.15, 0.2) is 5.75 Å². The van der Waals surface area contributed by atoms with Crippen LogP contribution in [0.15, 0.2) is 12.1 Å². The molecule has 0 aliphatic carbocycles. The Hall–Kier alpha value is -0.860. The normalized spacial score (nSPS) is 18.8. The SMILES string of the molecule is COCCOc1c(Cl)cc(NC(=O)C2CC(F)(F)CN2)cc1Cl.Cl. The summed E-state index contributed by atoms with van der Waals surface area (Å²) in [5, 5.41) is 5.39. The van der Waals surface area contributed by atoms with Crippen molar-refractivity contribution in [3.05, 3.63) is 22.2 Å². The zero-order chi connectivity index (χ0) is 17.0. The molecule has 5 nitrogen and oxygen atoms in total. The zero-order valence-electron chi connectivity index (χ0n) is 12.7. The van der Waals surface area contributed by atoms with E-state index in [2.05, 4.69) is 10.6 Å². The average Bonchev–Trinajstić information content (AvgIpc) is 2.82. The maximum absolute atomic E-state index is 13.1. The standard InChI is InChI=1S/C14H16Cl2F2N2O3.ClH/c1-22-2-3-23-12-9(15)4-8(5-10(12)16)20-13(21)11-6-14(17,18)7-19-11;/h4-5,11,19H,2-3,6-7H2,1H3,(H,20,21);1H. The maximum atomic E-state index is 13.1. The van der Waals surface area contributed by atoms with E-state index in [1.165, 1.54) is 19.2 Å². The number of methoxy groups -OCH3 is 1. The van der Waals surface area contributed by atoms with Crippen LogP contribution in [-0.4, -0.2) is 44.7 Å². The van der Waals surface area contributed by atoms with Gasteiger partial charge in [0.2, 0.25) is 5.91 Å². The molecule has 1 aliphatic heterocycles. The van der Waals surface area contributed by atoms with Gasteiger partial charge in [-0.15, -0.1) is 12.4 Å². The zero-order valence-corrected chi connectivity index (χ0v) is 15.0. The highest BCUT2D eigenvalue weighted by atomic mass is 35.5. The van der Waals surface area contributed by atoms with Crippen molar-refractivity contribution in [3.8, 4) is 5.75 Å². The molecule has 1 unspecified atom stereocenters. The predicted molar refractivity (Wildman–Crippen MR) is 91.1 cm³/mol. The van der Waals surface area contributed by atoms with E-state index in [4.69, 9.17) is 32.7 Å². The number of alkyl halides is 2. The van der Waals surface area contributed by atoms with Crippen LogP contribution in [0.2, 0.25) is 10.0 Å². The molecule has 10 heteroatoms. The summed E-state index contributed by atoms with van der Waals surface area (Å²) in [7, 11) is 1.53. The number of rotatable bonds is 6. The third-order valence-corrected chi connectivity index (χ3v) is 3.79. The number of carbonyl (C=O) groups excluding carboxylic acids is 1. The van der Waals surface area contributed by atoms with Crippen LogP contribution in [-0.2, 0) is 9.53 Å². The minimum atomic E-state index is -2.88. The van der Waals surface area contributed by atoms with Gasteiger partial charge >= 0.3 is 0 Å². The van der Waals surface area contributed by atoms with Crippen molar-refractivity contribution in [3.63, 3.8) is 0 Å². The maximum Gasteiger partial charge on any atom is 0.262 e. The molecular formula is C14H17Cl3F2N2O3. The third-order valence-electron chi connectivity index (χ3n) is 3.23.